The predicted molar refractivity (Wildman–Crippen MR) is 62.6 cm³/mol. The zero-order valence-corrected chi connectivity index (χ0v) is 11.0. The molecule has 0 saturated heterocycles. The van der Waals surface area contributed by atoms with Crippen molar-refractivity contribution in [3.63, 3.8) is 0 Å². The van der Waals surface area contributed by atoms with E-state index in [0.29, 0.717) is 0 Å². The van der Waals surface area contributed by atoms with Crippen LogP contribution in [0.1, 0.15) is 0 Å². The number of hydrogen-bond donors (Lipinski definition) is 1. The molecule has 0 bridgehead atoms. The largest absolute Gasteiger partial charge is 0.269 e. The Balaban J connectivity index is 2.45. The van der Waals surface area contributed by atoms with Gasteiger partial charge in [-0.3, -0.25) is 10.1 Å². The normalized spacial score (nSPS) is 11.4. The van der Waals surface area contributed by atoms with Crippen LogP contribution in [0.2, 0.25) is 0 Å². The number of non-ortho nitro benzene ring substituents is 1. The Morgan fingerprint density at radius 2 is 1.89 bits per heavy atom. The Bertz CT molecular complexity index is 694. The van der Waals surface area contributed by atoms with Crippen LogP contribution in [-0.4, -0.2) is 28.5 Å². The molecular weight excluding hydrogens is 328 g/mol. The van der Waals surface area contributed by atoms with Crippen LogP contribution in [0, 0.1) is 10.1 Å². The van der Waals surface area contributed by atoms with Crippen molar-refractivity contribution in [2.45, 2.75) is 10.1 Å². The summed E-state index contributed by atoms with van der Waals surface area (Å²) in [4.78, 5) is 13.4. The standard InChI is InChI=1S/C8H5BrN4O4S/c9-7-10-8(12-11-7)18(16,17)6-3-1-5(2-4-6)13(14)15/h1-4H,(H,10,11,12). The first kappa shape index (κ1) is 12.6. The lowest BCUT2D eigenvalue weighted by Gasteiger charge is -1.99. The van der Waals surface area contributed by atoms with Crippen LogP contribution in [0.4, 0.5) is 5.69 Å². The number of rotatable bonds is 3. The molecule has 0 aliphatic rings. The Morgan fingerprint density at radius 1 is 1.28 bits per heavy atom. The zero-order chi connectivity index (χ0) is 13.3. The van der Waals surface area contributed by atoms with Crippen LogP contribution in [0.3, 0.4) is 0 Å². The predicted octanol–water partition coefficient (Wildman–Crippen LogP) is 1.31. The van der Waals surface area contributed by atoms with Gasteiger partial charge in [0, 0.05) is 12.1 Å². The minimum Gasteiger partial charge on any atom is -0.258 e. The number of halogens is 1. The Labute approximate surface area is 109 Å². The molecule has 2 rings (SSSR count). The number of nitro groups is 1. The molecule has 0 saturated carbocycles. The van der Waals surface area contributed by atoms with Gasteiger partial charge in [0.1, 0.15) is 0 Å². The first-order chi connectivity index (χ1) is 8.41. The number of nitrogens with zero attached hydrogens (tertiary/aromatic N) is 3. The maximum Gasteiger partial charge on any atom is 0.269 e. The van der Waals surface area contributed by atoms with Crippen LogP contribution in [0.25, 0.3) is 0 Å². The summed E-state index contributed by atoms with van der Waals surface area (Å²) in [5, 5.41) is 15.9. The van der Waals surface area contributed by atoms with Gasteiger partial charge < -0.3 is 0 Å². The van der Waals surface area contributed by atoms with Gasteiger partial charge in [0.2, 0.25) is 19.7 Å². The van der Waals surface area contributed by atoms with Gasteiger partial charge >= 0.3 is 0 Å². The fourth-order valence-corrected chi connectivity index (χ4v) is 2.68. The fraction of sp³-hybridized carbons (Fsp3) is 0. The summed E-state index contributed by atoms with van der Waals surface area (Å²) < 4.78 is 24.1. The van der Waals surface area contributed by atoms with E-state index in [0.717, 1.165) is 24.3 Å². The molecule has 0 atom stereocenters. The highest BCUT2D eigenvalue weighted by atomic mass is 79.9. The molecular formula is C8H5BrN4O4S. The summed E-state index contributed by atoms with van der Waals surface area (Å²) in [6, 6.07) is 4.50. The smallest absolute Gasteiger partial charge is 0.258 e. The monoisotopic (exact) mass is 332 g/mol. The number of aromatic amines is 1. The summed E-state index contributed by atoms with van der Waals surface area (Å²) in [5.74, 6) is 0. The molecule has 0 amide bonds. The van der Waals surface area contributed by atoms with Crippen LogP contribution >= 0.6 is 15.9 Å². The van der Waals surface area contributed by atoms with E-state index >= 15 is 0 Å². The molecule has 1 heterocycles. The van der Waals surface area contributed by atoms with Crippen molar-refractivity contribution in [2.24, 2.45) is 0 Å². The number of nitro benzene ring substituents is 1. The second kappa shape index (κ2) is 4.46. The second-order valence-corrected chi connectivity index (χ2v) is 5.74. The van der Waals surface area contributed by atoms with Crippen molar-refractivity contribution in [3.8, 4) is 0 Å². The van der Waals surface area contributed by atoms with Crippen molar-refractivity contribution < 1.29 is 13.3 Å². The van der Waals surface area contributed by atoms with E-state index in [1.165, 1.54) is 0 Å². The van der Waals surface area contributed by atoms with Crippen molar-refractivity contribution in [2.75, 3.05) is 0 Å². The summed E-state index contributed by atoms with van der Waals surface area (Å²) in [6.07, 6.45) is 0. The van der Waals surface area contributed by atoms with Crippen molar-refractivity contribution in [3.05, 3.63) is 39.1 Å². The summed E-state index contributed by atoms with van der Waals surface area (Å²) in [7, 11) is -3.84. The SMILES string of the molecule is O=[N+]([O-])c1ccc(S(=O)(=O)c2nc(Br)n[nH]2)cc1. The third-order valence-corrected chi connectivity index (χ3v) is 3.99. The summed E-state index contributed by atoms with van der Waals surface area (Å²) in [5.41, 5.74) is -0.187. The average molecular weight is 333 g/mol. The number of nitrogens with one attached hydrogen (secondary N) is 1. The lowest BCUT2D eigenvalue weighted by Crippen LogP contribution is -2.04. The molecule has 18 heavy (non-hydrogen) atoms. The van der Waals surface area contributed by atoms with E-state index in [-0.39, 0.29) is 20.5 Å². The number of benzene rings is 1. The Hall–Kier alpha value is -1.81. The maximum atomic E-state index is 12.0. The molecule has 0 fully saturated rings. The molecule has 0 aliphatic carbocycles. The number of aromatic nitrogens is 3. The zero-order valence-electron chi connectivity index (χ0n) is 8.57. The average Bonchev–Trinajstić information content (AvgIpc) is 2.76. The van der Waals surface area contributed by atoms with Gasteiger partial charge in [-0.2, -0.15) is 4.98 Å². The molecule has 1 N–H and O–H groups in total. The molecule has 2 aromatic rings. The van der Waals surface area contributed by atoms with Crippen molar-refractivity contribution in [1.29, 1.82) is 0 Å². The van der Waals surface area contributed by atoms with Gasteiger partial charge in [-0.25, -0.2) is 13.5 Å². The Kier molecular flexibility index (Phi) is 3.13. The maximum absolute atomic E-state index is 12.0. The van der Waals surface area contributed by atoms with Crippen LogP contribution in [0.15, 0.2) is 39.1 Å². The molecule has 0 radical (unpaired) electrons. The van der Waals surface area contributed by atoms with Crippen LogP contribution in [-0.2, 0) is 9.84 Å². The van der Waals surface area contributed by atoms with Crippen LogP contribution < -0.4 is 0 Å². The Morgan fingerprint density at radius 3 is 2.33 bits per heavy atom. The first-order valence-corrected chi connectivity index (χ1v) is 6.76. The number of hydrogen-bond acceptors (Lipinski definition) is 6. The molecule has 0 aliphatic heterocycles. The lowest BCUT2D eigenvalue weighted by molar-refractivity contribution is -0.384. The van der Waals surface area contributed by atoms with Gasteiger partial charge in [0.25, 0.3) is 5.69 Å². The molecule has 10 heteroatoms. The van der Waals surface area contributed by atoms with Crippen molar-refractivity contribution in [1.82, 2.24) is 15.2 Å². The lowest BCUT2D eigenvalue weighted by atomic mass is 10.3. The molecule has 0 unspecified atom stereocenters. The van der Waals surface area contributed by atoms with Gasteiger partial charge in [-0.05, 0) is 28.1 Å². The molecule has 1 aromatic heterocycles. The number of sulfone groups is 1. The quantitative estimate of drug-likeness (QED) is 0.668. The molecule has 1 aromatic carbocycles. The van der Waals surface area contributed by atoms with E-state index < -0.39 is 14.8 Å². The highest BCUT2D eigenvalue weighted by Gasteiger charge is 2.22. The van der Waals surface area contributed by atoms with Gasteiger partial charge in [0.05, 0.1) is 9.82 Å². The molecule has 94 valence electrons. The third-order valence-electron chi connectivity index (χ3n) is 2.05. The molecule has 0 spiro atoms. The third kappa shape index (κ3) is 2.24. The van der Waals surface area contributed by atoms with Gasteiger partial charge in [0.15, 0.2) is 0 Å². The van der Waals surface area contributed by atoms with E-state index in [2.05, 4.69) is 31.1 Å². The highest BCUT2D eigenvalue weighted by Crippen LogP contribution is 2.21. The second-order valence-electron chi connectivity index (χ2n) is 3.16. The summed E-state index contributed by atoms with van der Waals surface area (Å²) in [6.45, 7) is 0. The topological polar surface area (TPSA) is 119 Å². The number of H-pyrrole nitrogens is 1. The first-order valence-electron chi connectivity index (χ1n) is 4.49. The minimum atomic E-state index is -3.84. The van der Waals surface area contributed by atoms with Gasteiger partial charge in [-0.15, -0.1) is 5.10 Å². The van der Waals surface area contributed by atoms with Gasteiger partial charge in [-0.1, -0.05) is 0 Å². The van der Waals surface area contributed by atoms with Crippen LogP contribution in [0.5, 0.6) is 0 Å². The minimum absolute atomic E-state index is 0.100. The summed E-state index contributed by atoms with van der Waals surface area (Å²) >= 11 is 2.92. The van der Waals surface area contributed by atoms with E-state index in [4.69, 9.17) is 0 Å². The molecule has 8 nitrogen and oxygen atoms in total. The fourth-order valence-electron chi connectivity index (χ4n) is 1.21. The van der Waals surface area contributed by atoms with E-state index in [9.17, 15) is 18.5 Å². The van der Waals surface area contributed by atoms with E-state index in [1.54, 1.807) is 0 Å². The van der Waals surface area contributed by atoms with E-state index in [1.807, 2.05) is 0 Å². The van der Waals surface area contributed by atoms with Crippen molar-refractivity contribution >= 4 is 31.5 Å². The highest BCUT2D eigenvalue weighted by molar-refractivity contribution is 9.10.